The van der Waals surface area contributed by atoms with Crippen LogP contribution in [0.25, 0.3) is 0 Å². The fourth-order valence-corrected chi connectivity index (χ4v) is 2.57. The van der Waals surface area contributed by atoms with Crippen LogP contribution in [0.5, 0.6) is 0 Å². The van der Waals surface area contributed by atoms with Crippen molar-refractivity contribution in [2.45, 2.75) is 38.8 Å². The Morgan fingerprint density at radius 2 is 2.00 bits per heavy atom. The average molecular weight is 232 g/mol. The Bertz CT molecular complexity index is 323. The van der Waals surface area contributed by atoms with E-state index in [1.165, 1.54) is 31.5 Å². The number of hydrogen-bond donors (Lipinski definition) is 1. The highest BCUT2D eigenvalue weighted by molar-refractivity contribution is 5.14. The zero-order chi connectivity index (χ0) is 12.1. The van der Waals surface area contributed by atoms with Crippen molar-refractivity contribution in [2.24, 2.45) is 0 Å². The smallest absolute Gasteiger partial charge is 0.0218 e. The summed E-state index contributed by atoms with van der Waals surface area (Å²) >= 11 is 0. The summed E-state index contributed by atoms with van der Waals surface area (Å²) in [5.41, 5.74) is 1.46. The van der Waals surface area contributed by atoms with Gasteiger partial charge in [-0.2, -0.15) is 0 Å². The van der Waals surface area contributed by atoms with Gasteiger partial charge in [-0.25, -0.2) is 0 Å². The highest BCUT2D eigenvalue weighted by Gasteiger charge is 2.23. The first-order valence-corrected chi connectivity index (χ1v) is 6.79. The first kappa shape index (κ1) is 12.6. The second kappa shape index (κ2) is 6.18. The van der Waals surface area contributed by atoms with Crippen molar-refractivity contribution in [2.75, 3.05) is 19.6 Å². The van der Waals surface area contributed by atoms with Gasteiger partial charge in [0.2, 0.25) is 0 Å². The highest BCUT2D eigenvalue weighted by atomic mass is 15.2. The van der Waals surface area contributed by atoms with Gasteiger partial charge in [-0.1, -0.05) is 30.3 Å². The maximum Gasteiger partial charge on any atom is 0.0218 e. The molecule has 0 aromatic heterocycles. The van der Waals surface area contributed by atoms with Crippen molar-refractivity contribution >= 4 is 0 Å². The van der Waals surface area contributed by atoms with Gasteiger partial charge in [0.25, 0.3) is 0 Å². The van der Waals surface area contributed by atoms with Crippen molar-refractivity contribution in [3.05, 3.63) is 35.9 Å². The largest absolute Gasteiger partial charge is 0.311 e. The molecule has 1 aromatic rings. The van der Waals surface area contributed by atoms with Gasteiger partial charge in [-0.3, -0.25) is 4.90 Å². The molecule has 2 rings (SSSR count). The van der Waals surface area contributed by atoms with E-state index in [1.807, 2.05) is 0 Å². The third kappa shape index (κ3) is 3.55. The number of benzene rings is 1. The molecule has 1 saturated heterocycles. The van der Waals surface area contributed by atoms with Crippen LogP contribution in [0.2, 0.25) is 0 Å². The van der Waals surface area contributed by atoms with E-state index in [4.69, 9.17) is 0 Å². The van der Waals surface area contributed by atoms with Crippen molar-refractivity contribution in [3.63, 3.8) is 0 Å². The number of nitrogens with zero attached hydrogens (tertiary/aromatic N) is 1. The zero-order valence-corrected chi connectivity index (χ0v) is 11.0. The van der Waals surface area contributed by atoms with E-state index in [-0.39, 0.29) is 0 Å². The lowest BCUT2D eigenvalue weighted by Gasteiger charge is -2.38. The summed E-state index contributed by atoms with van der Waals surface area (Å²) in [4.78, 5) is 2.62. The van der Waals surface area contributed by atoms with Crippen LogP contribution in [0.3, 0.4) is 0 Å². The summed E-state index contributed by atoms with van der Waals surface area (Å²) in [6, 6.07) is 12.1. The summed E-state index contributed by atoms with van der Waals surface area (Å²) in [6.07, 6.45) is 2.47. The van der Waals surface area contributed by atoms with Crippen LogP contribution in [0, 0.1) is 0 Å². The Hall–Kier alpha value is -0.860. The molecule has 0 bridgehead atoms. The Kier molecular flexibility index (Phi) is 4.57. The molecule has 0 radical (unpaired) electrons. The molecule has 1 aliphatic rings. The molecule has 1 heterocycles. The molecular weight excluding hydrogens is 208 g/mol. The van der Waals surface area contributed by atoms with Gasteiger partial charge in [-0.05, 0) is 38.8 Å². The molecule has 0 aliphatic carbocycles. The van der Waals surface area contributed by atoms with Crippen LogP contribution in [-0.2, 0) is 6.42 Å². The molecule has 2 atom stereocenters. The monoisotopic (exact) mass is 232 g/mol. The lowest BCUT2D eigenvalue weighted by molar-refractivity contribution is 0.137. The molecule has 1 aliphatic heterocycles. The molecule has 0 spiro atoms. The lowest BCUT2D eigenvalue weighted by Crippen LogP contribution is -2.55. The maximum absolute atomic E-state index is 3.53. The van der Waals surface area contributed by atoms with Gasteiger partial charge in [0.15, 0.2) is 0 Å². The SMILES string of the molecule is C[C@H]1NCCN(CCCc2ccccc2)[C@H]1C. The molecule has 0 unspecified atom stereocenters. The second-order valence-electron chi connectivity index (χ2n) is 5.11. The van der Waals surface area contributed by atoms with Crippen molar-refractivity contribution < 1.29 is 0 Å². The predicted octanol–water partition coefficient (Wildman–Crippen LogP) is 2.30. The molecule has 1 N–H and O–H groups in total. The van der Waals surface area contributed by atoms with E-state index in [0.717, 1.165) is 6.54 Å². The van der Waals surface area contributed by atoms with E-state index < -0.39 is 0 Å². The topological polar surface area (TPSA) is 15.3 Å². The Morgan fingerprint density at radius 1 is 1.24 bits per heavy atom. The summed E-state index contributed by atoms with van der Waals surface area (Å²) in [5, 5.41) is 3.53. The molecule has 2 nitrogen and oxygen atoms in total. The van der Waals surface area contributed by atoms with Gasteiger partial charge in [0.05, 0.1) is 0 Å². The molecule has 0 saturated carbocycles. The normalized spacial score (nSPS) is 26.0. The standard InChI is InChI=1S/C15H24N2/c1-13-14(2)17(12-10-16-13)11-6-9-15-7-4-3-5-8-15/h3-5,7-8,13-14,16H,6,9-12H2,1-2H3/t13-,14+/m1/s1. The minimum absolute atomic E-state index is 0.625. The third-order valence-corrected chi connectivity index (χ3v) is 3.92. The van der Waals surface area contributed by atoms with Gasteiger partial charge in [-0.15, -0.1) is 0 Å². The molecular formula is C15H24N2. The number of piperazine rings is 1. The minimum Gasteiger partial charge on any atom is -0.311 e. The van der Waals surface area contributed by atoms with E-state index in [1.54, 1.807) is 0 Å². The fourth-order valence-electron chi connectivity index (χ4n) is 2.57. The Morgan fingerprint density at radius 3 is 2.76 bits per heavy atom. The zero-order valence-electron chi connectivity index (χ0n) is 11.0. The maximum atomic E-state index is 3.53. The summed E-state index contributed by atoms with van der Waals surface area (Å²) in [6.45, 7) is 8.17. The average Bonchev–Trinajstić information content (AvgIpc) is 2.36. The van der Waals surface area contributed by atoms with Crippen molar-refractivity contribution in [1.82, 2.24) is 10.2 Å². The van der Waals surface area contributed by atoms with E-state index >= 15 is 0 Å². The molecule has 2 heteroatoms. The van der Waals surface area contributed by atoms with Crippen LogP contribution in [0.1, 0.15) is 25.8 Å². The quantitative estimate of drug-likeness (QED) is 0.857. The number of hydrogen-bond acceptors (Lipinski definition) is 2. The first-order chi connectivity index (χ1) is 8.27. The van der Waals surface area contributed by atoms with Crippen LogP contribution >= 0.6 is 0 Å². The number of rotatable bonds is 4. The predicted molar refractivity (Wildman–Crippen MR) is 73.3 cm³/mol. The van der Waals surface area contributed by atoms with Gasteiger partial charge < -0.3 is 5.32 Å². The third-order valence-electron chi connectivity index (χ3n) is 3.92. The fraction of sp³-hybridized carbons (Fsp3) is 0.600. The van der Waals surface area contributed by atoms with E-state index in [0.29, 0.717) is 12.1 Å². The number of aryl methyl sites for hydroxylation is 1. The van der Waals surface area contributed by atoms with Crippen LogP contribution in [0.4, 0.5) is 0 Å². The first-order valence-electron chi connectivity index (χ1n) is 6.79. The highest BCUT2D eigenvalue weighted by Crippen LogP contribution is 2.10. The van der Waals surface area contributed by atoms with Crippen LogP contribution in [-0.4, -0.2) is 36.6 Å². The molecule has 0 amide bonds. The van der Waals surface area contributed by atoms with E-state index in [2.05, 4.69) is 54.4 Å². The summed E-state index contributed by atoms with van der Waals surface area (Å²) in [7, 11) is 0. The Balaban J connectivity index is 1.75. The number of nitrogens with one attached hydrogen (secondary N) is 1. The Labute approximate surface area is 105 Å². The molecule has 1 fully saturated rings. The molecule has 17 heavy (non-hydrogen) atoms. The second-order valence-corrected chi connectivity index (χ2v) is 5.11. The molecule has 1 aromatic carbocycles. The van der Waals surface area contributed by atoms with Gasteiger partial charge >= 0.3 is 0 Å². The van der Waals surface area contributed by atoms with Crippen LogP contribution in [0.15, 0.2) is 30.3 Å². The molecule has 94 valence electrons. The van der Waals surface area contributed by atoms with Crippen molar-refractivity contribution in [1.29, 1.82) is 0 Å². The van der Waals surface area contributed by atoms with Crippen LogP contribution < -0.4 is 5.32 Å². The van der Waals surface area contributed by atoms with Gasteiger partial charge in [0, 0.05) is 25.2 Å². The minimum atomic E-state index is 0.625. The van der Waals surface area contributed by atoms with E-state index in [9.17, 15) is 0 Å². The summed E-state index contributed by atoms with van der Waals surface area (Å²) < 4.78 is 0. The lowest BCUT2D eigenvalue weighted by atomic mass is 10.1. The van der Waals surface area contributed by atoms with Crippen molar-refractivity contribution in [3.8, 4) is 0 Å². The van der Waals surface area contributed by atoms with Gasteiger partial charge in [0.1, 0.15) is 0 Å². The summed E-state index contributed by atoms with van der Waals surface area (Å²) in [5.74, 6) is 0.